The molecule has 5 heteroatoms. The van der Waals surface area contributed by atoms with E-state index in [1.807, 2.05) is 0 Å². The molecule has 1 N–H and O–H groups in total. The summed E-state index contributed by atoms with van der Waals surface area (Å²) < 4.78 is 10.6. The zero-order valence-corrected chi connectivity index (χ0v) is 33.4. The van der Waals surface area contributed by atoms with Gasteiger partial charge in [-0.1, -0.05) is 179 Å². The molecule has 0 aromatic rings. The van der Waals surface area contributed by atoms with Crippen LogP contribution in [0.4, 0.5) is 0 Å². The molecule has 0 aliphatic heterocycles. The summed E-state index contributed by atoms with van der Waals surface area (Å²) in [5.41, 5.74) is 0. The Bertz CT molecular complexity index is 761. The Morgan fingerprint density at radius 3 is 1.08 bits per heavy atom. The van der Waals surface area contributed by atoms with Crippen molar-refractivity contribution in [1.29, 1.82) is 0 Å². The number of hydrogen-bond acceptors (Lipinski definition) is 5. The number of allylic oxidation sites excluding steroid dienone is 4. The SMILES string of the molecule is CCCCCCCC/C=C\CCCCCCCCCCCCCC(=O)O[C@@H](CO)COC(=O)CCCCCCC/C=C\CCCCCCCC. The van der Waals surface area contributed by atoms with Gasteiger partial charge in [0.2, 0.25) is 0 Å². The van der Waals surface area contributed by atoms with Crippen LogP contribution in [0.3, 0.4) is 0 Å². The van der Waals surface area contributed by atoms with Gasteiger partial charge in [0.05, 0.1) is 6.61 Å². The van der Waals surface area contributed by atoms with Crippen molar-refractivity contribution in [3.05, 3.63) is 24.3 Å². The third kappa shape index (κ3) is 39.2. The van der Waals surface area contributed by atoms with E-state index in [4.69, 9.17) is 9.47 Å². The minimum absolute atomic E-state index is 0.0670. The summed E-state index contributed by atoms with van der Waals surface area (Å²) in [6.07, 6.45) is 49.6. The van der Waals surface area contributed by atoms with Gasteiger partial charge in [-0.3, -0.25) is 9.59 Å². The van der Waals surface area contributed by atoms with Crippen LogP contribution in [0, 0.1) is 0 Å². The summed E-state index contributed by atoms with van der Waals surface area (Å²) in [5, 5.41) is 9.58. The van der Waals surface area contributed by atoms with Crippen LogP contribution in [0.15, 0.2) is 24.3 Å². The van der Waals surface area contributed by atoms with E-state index in [-0.39, 0.29) is 25.2 Å². The normalized spacial score (nSPS) is 12.3. The van der Waals surface area contributed by atoms with Crippen LogP contribution in [-0.4, -0.2) is 36.4 Å². The minimum Gasteiger partial charge on any atom is -0.462 e. The van der Waals surface area contributed by atoms with E-state index in [0.717, 1.165) is 44.9 Å². The first-order valence-corrected chi connectivity index (χ1v) is 21.9. The third-order valence-electron chi connectivity index (χ3n) is 9.72. The molecular weight excluding hydrogens is 620 g/mol. The maximum atomic E-state index is 12.2. The van der Waals surface area contributed by atoms with Crippen LogP contribution in [0.25, 0.3) is 0 Å². The Morgan fingerprint density at radius 2 is 0.740 bits per heavy atom. The lowest BCUT2D eigenvalue weighted by atomic mass is 10.0. The number of carbonyl (C=O) groups excluding carboxylic acids is 2. The fraction of sp³-hybridized carbons (Fsp3) is 0.867. The molecule has 0 heterocycles. The van der Waals surface area contributed by atoms with Crippen LogP contribution >= 0.6 is 0 Å². The van der Waals surface area contributed by atoms with E-state index in [0.29, 0.717) is 12.8 Å². The number of aliphatic hydroxyl groups excluding tert-OH is 1. The van der Waals surface area contributed by atoms with Crippen molar-refractivity contribution >= 4 is 11.9 Å². The van der Waals surface area contributed by atoms with Gasteiger partial charge < -0.3 is 14.6 Å². The van der Waals surface area contributed by atoms with Crippen molar-refractivity contribution in [1.82, 2.24) is 0 Å². The van der Waals surface area contributed by atoms with Gasteiger partial charge in [-0.05, 0) is 64.2 Å². The second-order valence-corrected chi connectivity index (χ2v) is 14.8. The molecule has 50 heavy (non-hydrogen) atoms. The van der Waals surface area contributed by atoms with Crippen molar-refractivity contribution in [2.75, 3.05) is 13.2 Å². The summed E-state index contributed by atoms with van der Waals surface area (Å²) >= 11 is 0. The number of esters is 2. The molecule has 0 aliphatic carbocycles. The lowest BCUT2D eigenvalue weighted by Crippen LogP contribution is -2.28. The van der Waals surface area contributed by atoms with Crippen molar-refractivity contribution in [2.24, 2.45) is 0 Å². The van der Waals surface area contributed by atoms with Gasteiger partial charge in [0, 0.05) is 12.8 Å². The molecular formula is C45H84O5. The van der Waals surface area contributed by atoms with Crippen LogP contribution in [0.2, 0.25) is 0 Å². The first-order chi connectivity index (χ1) is 24.6. The molecule has 0 aliphatic rings. The predicted octanol–water partition coefficient (Wildman–Crippen LogP) is 13.8. The zero-order chi connectivity index (χ0) is 36.4. The van der Waals surface area contributed by atoms with E-state index in [9.17, 15) is 14.7 Å². The molecule has 0 aromatic heterocycles. The summed E-state index contributed by atoms with van der Waals surface area (Å²) in [4.78, 5) is 24.3. The molecule has 0 spiro atoms. The maximum Gasteiger partial charge on any atom is 0.306 e. The topological polar surface area (TPSA) is 72.8 Å². The molecule has 0 fully saturated rings. The molecule has 0 saturated heterocycles. The lowest BCUT2D eigenvalue weighted by Gasteiger charge is -2.15. The Hall–Kier alpha value is -1.62. The third-order valence-corrected chi connectivity index (χ3v) is 9.72. The van der Waals surface area contributed by atoms with E-state index in [1.165, 1.54) is 161 Å². The Morgan fingerprint density at radius 1 is 0.440 bits per heavy atom. The number of rotatable bonds is 40. The van der Waals surface area contributed by atoms with Crippen LogP contribution in [-0.2, 0) is 19.1 Å². The molecule has 0 rings (SSSR count). The molecule has 0 unspecified atom stereocenters. The Kier molecular flexibility index (Phi) is 40.4. The lowest BCUT2D eigenvalue weighted by molar-refractivity contribution is -0.161. The van der Waals surface area contributed by atoms with Gasteiger partial charge in [0.1, 0.15) is 6.61 Å². The molecule has 0 radical (unpaired) electrons. The second-order valence-electron chi connectivity index (χ2n) is 14.8. The highest BCUT2D eigenvalue weighted by Crippen LogP contribution is 2.14. The summed E-state index contributed by atoms with van der Waals surface area (Å²) in [6, 6.07) is 0. The van der Waals surface area contributed by atoms with Gasteiger partial charge in [0.25, 0.3) is 0 Å². The number of carbonyl (C=O) groups is 2. The van der Waals surface area contributed by atoms with Crippen molar-refractivity contribution in [2.45, 2.75) is 238 Å². The number of unbranched alkanes of at least 4 members (excludes halogenated alkanes) is 28. The highest BCUT2D eigenvalue weighted by molar-refractivity contribution is 5.70. The maximum absolute atomic E-state index is 12.2. The fourth-order valence-corrected chi connectivity index (χ4v) is 6.37. The molecule has 0 saturated carbocycles. The van der Waals surface area contributed by atoms with Crippen LogP contribution in [0.5, 0.6) is 0 Å². The number of ether oxygens (including phenoxy) is 2. The highest BCUT2D eigenvalue weighted by atomic mass is 16.6. The van der Waals surface area contributed by atoms with E-state index >= 15 is 0 Å². The van der Waals surface area contributed by atoms with Crippen molar-refractivity contribution < 1.29 is 24.2 Å². The Balaban J connectivity index is 3.51. The standard InChI is InChI=1S/C45H84O5/c1-3-5-7-9-11-13-15-17-19-20-21-22-23-24-26-28-30-32-34-36-38-40-45(48)50-43(41-46)42-49-44(47)39-37-35-33-31-29-27-25-18-16-14-12-10-8-6-4-2/h17-19,25,43,46H,3-16,20-24,26-42H2,1-2H3/b19-17-,25-18-/t43-/m0/s1. The minimum atomic E-state index is -0.771. The molecule has 0 aromatic carbocycles. The van der Waals surface area contributed by atoms with Gasteiger partial charge >= 0.3 is 11.9 Å². The quantitative estimate of drug-likeness (QED) is 0.0390. The van der Waals surface area contributed by atoms with Crippen LogP contribution < -0.4 is 0 Å². The molecule has 0 amide bonds. The monoisotopic (exact) mass is 705 g/mol. The second kappa shape index (κ2) is 41.8. The van der Waals surface area contributed by atoms with Crippen LogP contribution in [0.1, 0.15) is 232 Å². The van der Waals surface area contributed by atoms with Gasteiger partial charge in [-0.15, -0.1) is 0 Å². The summed E-state index contributed by atoms with van der Waals surface area (Å²) in [7, 11) is 0. The van der Waals surface area contributed by atoms with E-state index < -0.39 is 6.10 Å². The molecule has 0 bridgehead atoms. The van der Waals surface area contributed by atoms with Gasteiger partial charge in [0.15, 0.2) is 6.10 Å². The van der Waals surface area contributed by atoms with Crippen molar-refractivity contribution in [3.8, 4) is 0 Å². The summed E-state index contributed by atoms with van der Waals surface area (Å²) in [5.74, 6) is -0.593. The van der Waals surface area contributed by atoms with Crippen molar-refractivity contribution in [3.63, 3.8) is 0 Å². The van der Waals surface area contributed by atoms with E-state index in [1.54, 1.807) is 0 Å². The smallest absolute Gasteiger partial charge is 0.306 e. The molecule has 294 valence electrons. The average Bonchev–Trinajstić information content (AvgIpc) is 3.12. The van der Waals surface area contributed by atoms with Gasteiger partial charge in [-0.2, -0.15) is 0 Å². The average molecular weight is 705 g/mol. The highest BCUT2D eigenvalue weighted by Gasteiger charge is 2.16. The van der Waals surface area contributed by atoms with E-state index in [2.05, 4.69) is 38.2 Å². The Labute approximate surface area is 311 Å². The first-order valence-electron chi connectivity index (χ1n) is 21.9. The molecule has 1 atom stereocenters. The largest absolute Gasteiger partial charge is 0.462 e. The first kappa shape index (κ1) is 48.4. The number of hydrogen-bond donors (Lipinski definition) is 1. The van der Waals surface area contributed by atoms with Gasteiger partial charge in [-0.25, -0.2) is 0 Å². The predicted molar refractivity (Wildman–Crippen MR) is 215 cm³/mol. The zero-order valence-electron chi connectivity index (χ0n) is 33.4. The summed E-state index contributed by atoms with van der Waals surface area (Å²) in [6.45, 7) is 4.14. The fourth-order valence-electron chi connectivity index (χ4n) is 6.37. The molecule has 5 nitrogen and oxygen atoms in total. The number of aliphatic hydroxyl groups is 1.